The molecule has 22 heavy (non-hydrogen) atoms. The Labute approximate surface area is 130 Å². The highest BCUT2D eigenvalue weighted by molar-refractivity contribution is 5.76. The van der Waals surface area contributed by atoms with Crippen LogP contribution in [-0.2, 0) is 4.79 Å². The van der Waals surface area contributed by atoms with Gasteiger partial charge in [-0.05, 0) is 31.4 Å². The number of hydrogen-bond acceptors (Lipinski definition) is 4. The fraction of sp³-hybridized carbons (Fsp3) is 0.471. The van der Waals surface area contributed by atoms with Crippen molar-refractivity contribution in [2.45, 2.75) is 39.0 Å². The van der Waals surface area contributed by atoms with Gasteiger partial charge < -0.3 is 9.32 Å². The van der Waals surface area contributed by atoms with Crippen LogP contribution in [0.2, 0.25) is 0 Å². The molecule has 116 valence electrons. The van der Waals surface area contributed by atoms with Crippen LogP contribution < -0.4 is 0 Å². The van der Waals surface area contributed by atoms with Gasteiger partial charge in [-0.15, -0.1) is 10.2 Å². The fourth-order valence-corrected chi connectivity index (χ4v) is 2.95. The zero-order valence-electron chi connectivity index (χ0n) is 13.1. The molecular formula is C17H21N3O2. The second kappa shape index (κ2) is 6.30. The third kappa shape index (κ3) is 2.89. The molecule has 1 atom stereocenters. The van der Waals surface area contributed by atoms with E-state index in [1.165, 1.54) is 0 Å². The van der Waals surface area contributed by atoms with Crippen LogP contribution in [0.1, 0.15) is 43.6 Å². The number of hydrogen-bond donors (Lipinski definition) is 0. The summed E-state index contributed by atoms with van der Waals surface area (Å²) in [6.07, 6.45) is 2.52. The molecule has 1 amide bonds. The highest BCUT2D eigenvalue weighted by Gasteiger charge is 2.28. The minimum atomic E-state index is 0.148. The molecule has 2 heterocycles. The summed E-state index contributed by atoms with van der Waals surface area (Å²) in [4.78, 5) is 13.8. The first-order chi connectivity index (χ1) is 10.7. The van der Waals surface area contributed by atoms with Gasteiger partial charge in [-0.3, -0.25) is 4.79 Å². The van der Waals surface area contributed by atoms with E-state index in [2.05, 4.69) is 10.2 Å². The number of aryl methyl sites for hydroxylation is 1. The van der Waals surface area contributed by atoms with Crippen LogP contribution in [0.4, 0.5) is 0 Å². The third-order valence-electron chi connectivity index (χ3n) is 4.24. The molecule has 1 aromatic carbocycles. The van der Waals surface area contributed by atoms with Crippen molar-refractivity contribution < 1.29 is 9.21 Å². The van der Waals surface area contributed by atoms with Crippen LogP contribution in [0.15, 0.2) is 28.7 Å². The van der Waals surface area contributed by atoms with Gasteiger partial charge in [0.1, 0.15) is 0 Å². The summed E-state index contributed by atoms with van der Waals surface area (Å²) in [6, 6.07) is 7.97. The van der Waals surface area contributed by atoms with Crippen molar-refractivity contribution in [2.75, 3.05) is 13.1 Å². The van der Waals surface area contributed by atoms with Crippen molar-refractivity contribution in [3.8, 4) is 11.5 Å². The maximum Gasteiger partial charge on any atom is 0.248 e. The van der Waals surface area contributed by atoms with Gasteiger partial charge in [0.05, 0.1) is 5.92 Å². The van der Waals surface area contributed by atoms with E-state index in [0.717, 1.165) is 30.5 Å². The lowest BCUT2D eigenvalue weighted by atomic mass is 9.98. The van der Waals surface area contributed by atoms with Crippen LogP contribution in [0, 0.1) is 6.92 Å². The molecule has 1 unspecified atom stereocenters. The van der Waals surface area contributed by atoms with Crippen molar-refractivity contribution in [3.63, 3.8) is 0 Å². The number of benzene rings is 1. The average Bonchev–Trinajstić information content (AvgIpc) is 3.04. The largest absolute Gasteiger partial charge is 0.420 e. The number of nitrogens with zero attached hydrogens (tertiary/aromatic N) is 3. The van der Waals surface area contributed by atoms with Crippen LogP contribution >= 0.6 is 0 Å². The van der Waals surface area contributed by atoms with E-state index >= 15 is 0 Å². The van der Waals surface area contributed by atoms with Crippen molar-refractivity contribution in [1.82, 2.24) is 15.1 Å². The molecule has 0 saturated carbocycles. The van der Waals surface area contributed by atoms with Crippen LogP contribution in [0.5, 0.6) is 0 Å². The number of rotatable bonds is 3. The second-order valence-electron chi connectivity index (χ2n) is 5.79. The number of aromatic nitrogens is 2. The Hall–Kier alpha value is -2.17. The van der Waals surface area contributed by atoms with E-state index in [-0.39, 0.29) is 11.8 Å². The van der Waals surface area contributed by atoms with Crippen LogP contribution in [0.3, 0.4) is 0 Å². The quantitative estimate of drug-likeness (QED) is 0.873. The third-order valence-corrected chi connectivity index (χ3v) is 4.24. The summed E-state index contributed by atoms with van der Waals surface area (Å²) in [5.41, 5.74) is 2.09. The summed E-state index contributed by atoms with van der Waals surface area (Å²) < 4.78 is 5.89. The maximum absolute atomic E-state index is 11.9. The SMILES string of the molecule is CCC(=O)N1CCCC(c2nnc(-c3ccccc3C)o2)C1. The summed E-state index contributed by atoms with van der Waals surface area (Å²) in [5.74, 6) is 1.55. The molecule has 5 heteroatoms. The topological polar surface area (TPSA) is 59.2 Å². The second-order valence-corrected chi connectivity index (χ2v) is 5.79. The Balaban J connectivity index is 1.79. The number of amides is 1. The van der Waals surface area contributed by atoms with E-state index < -0.39 is 0 Å². The van der Waals surface area contributed by atoms with Crippen LogP contribution in [0.25, 0.3) is 11.5 Å². The zero-order chi connectivity index (χ0) is 15.5. The Kier molecular flexibility index (Phi) is 4.22. The first kappa shape index (κ1) is 14.8. The molecule has 1 aliphatic heterocycles. The number of likely N-dealkylation sites (tertiary alicyclic amines) is 1. The number of carbonyl (C=O) groups excluding carboxylic acids is 1. The normalized spacial score (nSPS) is 18.5. The molecule has 1 aliphatic rings. The van der Waals surface area contributed by atoms with Gasteiger partial charge >= 0.3 is 0 Å². The van der Waals surface area contributed by atoms with E-state index in [1.807, 2.05) is 43.0 Å². The molecule has 2 aromatic rings. The lowest BCUT2D eigenvalue weighted by Gasteiger charge is -2.30. The van der Waals surface area contributed by atoms with Gasteiger partial charge in [0.15, 0.2) is 0 Å². The highest BCUT2D eigenvalue weighted by atomic mass is 16.4. The summed E-state index contributed by atoms with van der Waals surface area (Å²) >= 11 is 0. The number of carbonyl (C=O) groups is 1. The lowest BCUT2D eigenvalue weighted by molar-refractivity contribution is -0.132. The van der Waals surface area contributed by atoms with Gasteiger partial charge in [0.25, 0.3) is 0 Å². The monoisotopic (exact) mass is 299 g/mol. The van der Waals surface area contributed by atoms with E-state index in [9.17, 15) is 4.79 Å². The molecule has 1 saturated heterocycles. The Morgan fingerprint density at radius 1 is 1.36 bits per heavy atom. The van der Waals surface area contributed by atoms with E-state index in [0.29, 0.717) is 24.7 Å². The molecule has 0 bridgehead atoms. The molecule has 1 aromatic heterocycles. The lowest BCUT2D eigenvalue weighted by Crippen LogP contribution is -2.38. The minimum Gasteiger partial charge on any atom is -0.420 e. The van der Waals surface area contributed by atoms with Crippen molar-refractivity contribution in [3.05, 3.63) is 35.7 Å². The first-order valence-electron chi connectivity index (χ1n) is 7.86. The van der Waals surface area contributed by atoms with Gasteiger partial charge in [-0.1, -0.05) is 25.1 Å². The van der Waals surface area contributed by atoms with Crippen LogP contribution in [-0.4, -0.2) is 34.1 Å². The van der Waals surface area contributed by atoms with E-state index in [4.69, 9.17) is 4.42 Å². The van der Waals surface area contributed by atoms with Crippen molar-refractivity contribution >= 4 is 5.91 Å². The summed E-state index contributed by atoms with van der Waals surface area (Å²) in [5, 5.41) is 8.41. The van der Waals surface area contributed by atoms with Gasteiger partial charge in [-0.2, -0.15) is 0 Å². The molecule has 1 fully saturated rings. The predicted octanol–water partition coefficient (Wildman–Crippen LogP) is 3.16. The minimum absolute atomic E-state index is 0.148. The maximum atomic E-state index is 11.9. The Morgan fingerprint density at radius 2 is 2.18 bits per heavy atom. The fourth-order valence-electron chi connectivity index (χ4n) is 2.95. The van der Waals surface area contributed by atoms with Gasteiger partial charge in [0.2, 0.25) is 17.7 Å². The smallest absolute Gasteiger partial charge is 0.248 e. The van der Waals surface area contributed by atoms with Crippen molar-refractivity contribution in [1.29, 1.82) is 0 Å². The molecule has 0 aliphatic carbocycles. The zero-order valence-corrected chi connectivity index (χ0v) is 13.1. The van der Waals surface area contributed by atoms with Gasteiger partial charge in [-0.25, -0.2) is 0 Å². The first-order valence-corrected chi connectivity index (χ1v) is 7.86. The van der Waals surface area contributed by atoms with Crippen molar-refractivity contribution in [2.24, 2.45) is 0 Å². The molecule has 0 radical (unpaired) electrons. The Morgan fingerprint density at radius 3 is 2.95 bits per heavy atom. The molecule has 0 N–H and O–H groups in total. The summed E-state index contributed by atoms with van der Waals surface area (Å²) in [6.45, 7) is 5.44. The number of piperidine rings is 1. The Bertz CT molecular complexity index is 665. The van der Waals surface area contributed by atoms with E-state index in [1.54, 1.807) is 0 Å². The average molecular weight is 299 g/mol. The molecule has 3 rings (SSSR count). The summed E-state index contributed by atoms with van der Waals surface area (Å²) in [7, 11) is 0. The highest BCUT2D eigenvalue weighted by Crippen LogP contribution is 2.29. The molecule has 0 spiro atoms. The standard InChI is InChI=1S/C17H21N3O2/c1-3-15(21)20-10-6-8-13(11-20)16-18-19-17(22-16)14-9-5-4-7-12(14)2/h4-5,7,9,13H,3,6,8,10-11H2,1-2H3. The molecule has 5 nitrogen and oxygen atoms in total. The predicted molar refractivity (Wildman–Crippen MR) is 83.3 cm³/mol. The van der Waals surface area contributed by atoms with Gasteiger partial charge in [0, 0.05) is 25.1 Å². The molecular weight excluding hydrogens is 278 g/mol.